The van der Waals surface area contributed by atoms with Crippen molar-refractivity contribution < 1.29 is 22.7 Å². The number of hydrogen-bond donors (Lipinski definition) is 1. The maximum absolute atomic E-state index is 13.0. The summed E-state index contributed by atoms with van der Waals surface area (Å²) < 4.78 is 37.7. The Kier molecular flexibility index (Phi) is 5.40. The number of carbonyl (C=O) groups is 1. The number of carbonyl (C=O) groups excluding carboxylic acids is 1. The first-order chi connectivity index (χ1) is 14.4. The van der Waals surface area contributed by atoms with Crippen LogP contribution in [-0.2, 0) is 16.6 Å². The fraction of sp³-hybridized carbons (Fsp3) is 0.190. The van der Waals surface area contributed by atoms with Crippen LogP contribution < -0.4 is 19.1 Å². The summed E-state index contributed by atoms with van der Waals surface area (Å²) in [5.74, 6) is 0.972. The molecule has 7 nitrogen and oxygen atoms in total. The van der Waals surface area contributed by atoms with Crippen molar-refractivity contribution in [1.29, 1.82) is 0 Å². The van der Waals surface area contributed by atoms with E-state index in [1.165, 1.54) is 18.4 Å². The average Bonchev–Trinajstić information content (AvgIpc) is 3.40. The van der Waals surface area contributed by atoms with Crippen molar-refractivity contribution in [2.24, 2.45) is 0 Å². The Labute approximate surface area is 178 Å². The van der Waals surface area contributed by atoms with Crippen LogP contribution in [0.4, 0.5) is 5.69 Å². The van der Waals surface area contributed by atoms with Crippen molar-refractivity contribution in [2.45, 2.75) is 18.4 Å². The third-order valence-corrected chi connectivity index (χ3v) is 7.45. The third-order valence-electron chi connectivity index (χ3n) is 4.76. The number of aryl methyl sites for hydroxylation is 1. The van der Waals surface area contributed by atoms with Gasteiger partial charge >= 0.3 is 0 Å². The number of sulfonamides is 1. The van der Waals surface area contributed by atoms with E-state index < -0.39 is 10.0 Å². The van der Waals surface area contributed by atoms with Gasteiger partial charge in [-0.15, -0.1) is 11.3 Å². The molecule has 0 saturated heterocycles. The van der Waals surface area contributed by atoms with Crippen LogP contribution in [0.15, 0.2) is 58.8 Å². The van der Waals surface area contributed by atoms with E-state index in [0.29, 0.717) is 22.1 Å². The number of benzene rings is 2. The van der Waals surface area contributed by atoms with Crippen molar-refractivity contribution in [1.82, 2.24) is 5.32 Å². The molecule has 4 rings (SSSR count). The number of ether oxygens (including phenoxy) is 2. The summed E-state index contributed by atoms with van der Waals surface area (Å²) in [6, 6.07) is 13.7. The van der Waals surface area contributed by atoms with Gasteiger partial charge in [-0.25, -0.2) is 8.42 Å². The van der Waals surface area contributed by atoms with Gasteiger partial charge in [-0.1, -0.05) is 23.8 Å². The van der Waals surface area contributed by atoms with Gasteiger partial charge in [-0.2, -0.15) is 0 Å². The summed E-state index contributed by atoms with van der Waals surface area (Å²) in [5, 5.41) is 4.54. The number of nitrogens with one attached hydrogen (secondary N) is 1. The van der Waals surface area contributed by atoms with Crippen molar-refractivity contribution in [2.75, 3.05) is 18.1 Å². The lowest BCUT2D eigenvalue weighted by Gasteiger charge is -2.20. The molecular formula is C21H20N2O5S2. The molecule has 0 fully saturated rings. The van der Waals surface area contributed by atoms with Crippen molar-refractivity contribution in [3.63, 3.8) is 0 Å². The number of thiophene rings is 1. The zero-order valence-electron chi connectivity index (χ0n) is 16.4. The Morgan fingerprint density at radius 2 is 1.83 bits per heavy atom. The number of rotatable bonds is 6. The van der Waals surface area contributed by atoms with Crippen molar-refractivity contribution >= 4 is 33.0 Å². The third kappa shape index (κ3) is 3.86. The Morgan fingerprint density at radius 3 is 2.60 bits per heavy atom. The summed E-state index contributed by atoms with van der Waals surface area (Å²) in [6.45, 7) is 2.36. The molecule has 156 valence electrons. The molecule has 0 saturated carbocycles. The predicted octanol–water partition coefficient (Wildman–Crippen LogP) is 3.54. The van der Waals surface area contributed by atoms with Gasteiger partial charge in [0.25, 0.3) is 15.9 Å². The lowest BCUT2D eigenvalue weighted by molar-refractivity contribution is 0.0955. The van der Waals surface area contributed by atoms with Crippen LogP contribution in [0.2, 0.25) is 0 Å². The fourth-order valence-corrected chi connectivity index (χ4v) is 5.13. The largest absolute Gasteiger partial charge is 0.454 e. The minimum atomic E-state index is -3.78. The molecule has 2 heterocycles. The van der Waals surface area contributed by atoms with Crippen LogP contribution >= 0.6 is 11.3 Å². The molecule has 1 aromatic heterocycles. The second kappa shape index (κ2) is 8.00. The summed E-state index contributed by atoms with van der Waals surface area (Å²) in [6.07, 6.45) is 0. The number of amides is 1. The Balaban J connectivity index is 1.50. The maximum Gasteiger partial charge on any atom is 0.264 e. The van der Waals surface area contributed by atoms with Gasteiger partial charge in [0.15, 0.2) is 11.5 Å². The molecule has 1 aliphatic heterocycles. The van der Waals surface area contributed by atoms with Crippen LogP contribution in [0.3, 0.4) is 0 Å². The monoisotopic (exact) mass is 444 g/mol. The van der Waals surface area contributed by atoms with Crippen LogP contribution in [-0.4, -0.2) is 28.2 Å². The summed E-state index contributed by atoms with van der Waals surface area (Å²) in [4.78, 5) is 13.3. The summed E-state index contributed by atoms with van der Waals surface area (Å²) in [7, 11) is -2.33. The molecule has 0 spiro atoms. The van der Waals surface area contributed by atoms with Gasteiger partial charge in [-0.05, 0) is 48.2 Å². The minimum absolute atomic E-state index is 0.175. The average molecular weight is 445 g/mol. The van der Waals surface area contributed by atoms with Crippen LogP contribution in [0, 0.1) is 6.92 Å². The Hall–Kier alpha value is -3.04. The molecule has 30 heavy (non-hydrogen) atoms. The molecule has 0 unspecified atom stereocenters. The van der Waals surface area contributed by atoms with E-state index in [1.807, 2.05) is 19.1 Å². The Morgan fingerprint density at radius 1 is 1.10 bits per heavy atom. The molecule has 9 heteroatoms. The van der Waals surface area contributed by atoms with E-state index in [0.717, 1.165) is 15.4 Å². The fourth-order valence-electron chi connectivity index (χ4n) is 3.03. The smallest absolute Gasteiger partial charge is 0.264 e. The quantitative estimate of drug-likeness (QED) is 0.629. The van der Waals surface area contributed by atoms with Gasteiger partial charge in [0.1, 0.15) is 4.88 Å². The first-order valence-corrected chi connectivity index (χ1v) is 11.5. The molecular weight excluding hydrogens is 424 g/mol. The van der Waals surface area contributed by atoms with Crippen LogP contribution in [0.25, 0.3) is 0 Å². The zero-order valence-corrected chi connectivity index (χ0v) is 18.0. The van der Waals surface area contributed by atoms with E-state index in [1.54, 1.807) is 41.8 Å². The lowest BCUT2D eigenvalue weighted by atomic mass is 10.2. The maximum atomic E-state index is 13.0. The number of nitrogens with zero attached hydrogens (tertiary/aromatic N) is 1. The second-order valence-electron chi connectivity index (χ2n) is 6.79. The van der Waals surface area contributed by atoms with Gasteiger partial charge in [0.2, 0.25) is 6.79 Å². The number of anilines is 1. The topological polar surface area (TPSA) is 84.9 Å². The van der Waals surface area contributed by atoms with Gasteiger partial charge in [0.05, 0.1) is 10.6 Å². The second-order valence-corrected chi connectivity index (χ2v) is 9.68. The zero-order chi connectivity index (χ0) is 21.3. The molecule has 0 atom stereocenters. The first kappa shape index (κ1) is 20.2. The highest BCUT2D eigenvalue weighted by molar-refractivity contribution is 7.92. The highest BCUT2D eigenvalue weighted by Crippen LogP contribution is 2.33. The highest BCUT2D eigenvalue weighted by atomic mass is 32.2. The first-order valence-electron chi connectivity index (χ1n) is 9.16. The lowest BCUT2D eigenvalue weighted by Crippen LogP contribution is -2.29. The van der Waals surface area contributed by atoms with Gasteiger partial charge < -0.3 is 14.8 Å². The molecule has 1 N–H and O–H groups in total. The minimum Gasteiger partial charge on any atom is -0.454 e. The van der Waals surface area contributed by atoms with Crippen LogP contribution in [0.1, 0.15) is 20.8 Å². The summed E-state index contributed by atoms with van der Waals surface area (Å²) in [5.41, 5.74) is 2.16. The molecule has 3 aromatic rings. The molecule has 2 aromatic carbocycles. The molecule has 1 amide bonds. The molecule has 0 aliphatic carbocycles. The van der Waals surface area contributed by atoms with Crippen LogP contribution in [0.5, 0.6) is 11.5 Å². The van der Waals surface area contributed by atoms with E-state index in [9.17, 15) is 13.2 Å². The normalized spacial score (nSPS) is 12.6. The van der Waals surface area contributed by atoms with Crippen molar-refractivity contribution in [3.8, 4) is 11.5 Å². The standard InChI is InChI=1S/C21H20N2O5S2/c1-14-3-6-16(7-4-14)30(25,26)23(2)17-9-10-29-20(17)21(24)22-12-15-5-8-18-19(11-15)28-13-27-18/h3-11H,12-13H2,1-2H3,(H,22,24). The van der Waals surface area contributed by atoms with Gasteiger partial charge in [-0.3, -0.25) is 9.10 Å². The molecule has 1 aliphatic rings. The van der Waals surface area contributed by atoms with E-state index in [-0.39, 0.29) is 24.1 Å². The molecule has 0 bridgehead atoms. The SMILES string of the molecule is Cc1ccc(S(=O)(=O)N(C)c2ccsc2C(=O)NCc2ccc3c(c2)OCO3)cc1. The van der Waals surface area contributed by atoms with E-state index in [4.69, 9.17) is 9.47 Å². The highest BCUT2D eigenvalue weighted by Gasteiger charge is 2.26. The molecule has 0 radical (unpaired) electrons. The van der Waals surface area contributed by atoms with E-state index >= 15 is 0 Å². The van der Waals surface area contributed by atoms with Gasteiger partial charge in [0, 0.05) is 13.6 Å². The summed E-state index contributed by atoms with van der Waals surface area (Å²) >= 11 is 1.19. The Bertz CT molecular complexity index is 1190. The van der Waals surface area contributed by atoms with Crippen molar-refractivity contribution in [3.05, 3.63) is 69.9 Å². The predicted molar refractivity (Wildman–Crippen MR) is 115 cm³/mol. The number of hydrogen-bond acceptors (Lipinski definition) is 6. The number of fused-ring (bicyclic) bond motifs is 1. The van der Waals surface area contributed by atoms with E-state index in [2.05, 4.69) is 5.32 Å².